The molecule has 2 rings (SSSR count). The van der Waals surface area contributed by atoms with Crippen molar-refractivity contribution < 1.29 is 14.3 Å². The molecule has 0 saturated carbocycles. The number of carbonyl (C=O) groups excluding carboxylic acids is 2. The van der Waals surface area contributed by atoms with E-state index in [0.717, 1.165) is 11.1 Å². The minimum atomic E-state index is -0.579. The van der Waals surface area contributed by atoms with Crippen LogP contribution in [-0.2, 0) is 16.1 Å². The van der Waals surface area contributed by atoms with Crippen molar-refractivity contribution in [3.8, 4) is 5.75 Å². The van der Waals surface area contributed by atoms with Crippen LogP contribution in [-0.4, -0.2) is 35.9 Å². The van der Waals surface area contributed by atoms with Gasteiger partial charge < -0.3 is 15.0 Å². The second-order valence-electron chi connectivity index (χ2n) is 7.93. The summed E-state index contributed by atoms with van der Waals surface area (Å²) in [5.41, 5.74) is 2.10. The summed E-state index contributed by atoms with van der Waals surface area (Å²) in [6, 6.07) is 12.5. The van der Waals surface area contributed by atoms with Crippen molar-refractivity contribution in [3.05, 3.63) is 63.1 Å². The first kappa shape index (κ1) is 25.2. The molecule has 0 aliphatic heterocycles. The van der Waals surface area contributed by atoms with Crippen LogP contribution < -0.4 is 10.1 Å². The number of ether oxygens (including phenoxy) is 1. The summed E-state index contributed by atoms with van der Waals surface area (Å²) in [4.78, 5) is 27.7. The molecule has 0 saturated heterocycles. The number of nitrogens with one attached hydrogen (secondary N) is 1. The molecular weight excluding hydrogens is 480 g/mol. The molecule has 0 aromatic heterocycles. The Morgan fingerprint density at radius 2 is 1.84 bits per heavy atom. The molecule has 31 heavy (non-hydrogen) atoms. The Balaban J connectivity index is 2.20. The third-order valence-corrected chi connectivity index (χ3v) is 5.64. The lowest BCUT2D eigenvalue weighted by Crippen LogP contribution is -2.50. The fraction of sp³-hybridized carbons (Fsp3) is 0.417. The number of hydrogen-bond donors (Lipinski definition) is 1. The summed E-state index contributed by atoms with van der Waals surface area (Å²) >= 11 is 9.37. The highest BCUT2D eigenvalue weighted by molar-refractivity contribution is 9.10. The molecule has 5 nitrogen and oxygen atoms in total. The fourth-order valence-corrected chi connectivity index (χ4v) is 3.84. The molecule has 0 fully saturated rings. The van der Waals surface area contributed by atoms with Gasteiger partial charge in [0, 0.05) is 18.1 Å². The largest absolute Gasteiger partial charge is 0.483 e. The number of carbonyl (C=O) groups is 2. The van der Waals surface area contributed by atoms with E-state index in [1.165, 1.54) is 0 Å². The van der Waals surface area contributed by atoms with E-state index < -0.39 is 6.04 Å². The van der Waals surface area contributed by atoms with Crippen molar-refractivity contribution in [2.75, 3.05) is 13.2 Å². The molecular formula is C24H30BrClN2O3. The van der Waals surface area contributed by atoms with Gasteiger partial charge in [-0.25, -0.2) is 0 Å². The Morgan fingerprint density at radius 3 is 2.42 bits per heavy atom. The minimum Gasteiger partial charge on any atom is -0.483 e. The number of halogens is 2. The Labute approximate surface area is 198 Å². The molecule has 168 valence electrons. The molecule has 0 radical (unpaired) electrons. The average molecular weight is 510 g/mol. The van der Waals surface area contributed by atoms with Crippen LogP contribution in [0.4, 0.5) is 0 Å². The van der Waals surface area contributed by atoms with E-state index in [4.69, 9.17) is 16.3 Å². The van der Waals surface area contributed by atoms with Crippen LogP contribution in [0.1, 0.15) is 38.3 Å². The Morgan fingerprint density at radius 1 is 1.16 bits per heavy atom. The molecule has 2 aromatic rings. The van der Waals surface area contributed by atoms with Gasteiger partial charge in [-0.15, -0.1) is 0 Å². The van der Waals surface area contributed by atoms with Crippen LogP contribution in [0.15, 0.2) is 46.9 Å². The summed E-state index contributed by atoms with van der Waals surface area (Å²) in [5, 5.41) is 3.53. The summed E-state index contributed by atoms with van der Waals surface area (Å²) in [6.07, 6.45) is 0.506. The van der Waals surface area contributed by atoms with Crippen molar-refractivity contribution in [1.29, 1.82) is 0 Å². The van der Waals surface area contributed by atoms with Gasteiger partial charge in [-0.1, -0.05) is 62.2 Å². The Kier molecular flexibility index (Phi) is 9.85. The maximum Gasteiger partial charge on any atom is 0.261 e. The van der Waals surface area contributed by atoms with Crippen LogP contribution in [0.25, 0.3) is 0 Å². The summed E-state index contributed by atoms with van der Waals surface area (Å²) in [7, 11) is 0. The molecule has 1 N–H and O–H groups in total. The Bertz CT molecular complexity index is 887. The molecule has 0 aliphatic carbocycles. The van der Waals surface area contributed by atoms with Crippen molar-refractivity contribution >= 4 is 39.3 Å². The third-order valence-electron chi connectivity index (χ3n) is 4.79. The number of aryl methyl sites for hydroxylation is 1. The zero-order valence-corrected chi connectivity index (χ0v) is 20.8. The van der Waals surface area contributed by atoms with E-state index in [-0.39, 0.29) is 18.4 Å². The topological polar surface area (TPSA) is 58.6 Å². The van der Waals surface area contributed by atoms with Crippen LogP contribution in [0, 0.1) is 12.8 Å². The van der Waals surface area contributed by atoms with Gasteiger partial charge in [-0.05, 0) is 59.0 Å². The van der Waals surface area contributed by atoms with Crippen LogP contribution >= 0.6 is 27.5 Å². The first-order chi connectivity index (χ1) is 14.7. The first-order valence-electron chi connectivity index (χ1n) is 10.4. The SMILES string of the molecule is CC[C@H](C(=O)NCC(C)C)N(Cc1ccc(C)cc1)C(=O)COc1ccc(Cl)cc1Br. The van der Waals surface area contributed by atoms with Crippen molar-refractivity contribution in [3.63, 3.8) is 0 Å². The lowest BCUT2D eigenvalue weighted by atomic mass is 10.1. The number of amides is 2. The van der Waals surface area contributed by atoms with E-state index in [9.17, 15) is 9.59 Å². The third kappa shape index (κ3) is 7.86. The molecule has 0 spiro atoms. The molecule has 0 aliphatic rings. The maximum absolute atomic E-state index is 13.2. The van der Waals surface area contributed by atoms with Gasteiger partial charge in [-0.3, -0.25) is 9.59 Å². The van der Waals surface area contributed by atoms with E-state index in [0.29, 0.717) is 40.7 Å². The van der Waals surface area contributed by atoms with Gasteiger partial charge in [0.25, 0.3) is 5.91 Å². The molecule has 2 aromatic carbocycles. The highest BCUT2D eigenvalue weighted by Gasteiger charge is 2.29. The van der Waals surface area contributed by atoms with Crippen LogP contribution in [0.2, 0.25) is 5.02 Å². The van der Waals surface area contributed by atoms with Gasteiger partial charge in [0.2, 0.25) is 5.91 Å². The molecule has 0 bridgehead atoms. The summed E-state index contributed by atoms with van der Waals surface area (Å²) in [5.74, 6) is 0.442. The highest BCUT2D eigenvalue weighted by atomic mass is 79.9. The second kappa shape index (κ2) is 12.1. The highest BCUT2D eigenvalue weighted by Crippen LogP contribution is 2.28. The number of hydrogen-bond acceptors (Lipinski definition) is 3. The van der Waals surface area contributed by atoms with Gasteiger partial charge in [-0.2, -0.15) is 0 Å². The normalized spacial score (nSPS) is 11.8. The number of benzene rings is 2. The van der Waals surface area contributed by atoms with Gasteiger partial charge in [0.15, 0.2) is 6.61 Å². The standard InChI is InChI=1S/C24H30BrClN2O3/c1-5-21(24(30)27-13-16(2)3)28(14-18-8-6-17(4)7-9-18)23(29)15-31-22-11-10-19(26)12-20(22)25/h6-12,16,21H,5,13-15H2,1-4H3,(H,27,30)/t21-/m1/s1. The van der Waals surface area contributed by atoms with Gasteiger partial charge in [0.05, 0.1) is 4.47 Å². The smallest absolute Gasteiger partial charge is 0.261 e. The maximum atomic E-state index is 13.2. The lowest BCUT2D eigenvalue weighted by Gasteiger charge is -2.31. The van der Waals surface area contributed by atoms with E-state index in [1.807, 2.05) is 52.0 Å². The van der Waals surface area contributed by atoms with Crippen molar-refractivity contribution in [2.45, 2.75) is 46.7 Å². The lowest BCUT2D eigenvalue weighted by molar-refractivity contribution is -0.143. The molecule has 2 amide bonds. The van der Waals surface area contributed by atoms with Gasteiger partial charge >= 0.3 is 0 Å². The predicted molar refractivity (Wildman–Crippen MR) is 128 cm³/mol. The first-order valence-corrected chi connectivity index (χ1v) is 11.6. The van der Waals surface area contributed by atoms with Gasteiger partial charge in [0.1, 0.15) is 11.8 Å². The van der Waals surface area contributed by atoms with E-state index in [2.05, 4.69) is 21.2 Å². The van der Waals surface area contributed by atoms with Crippen molar-refractivity contribution in [2.24, 2.45) is 5.92 Å². The molecule has 1 atom stereocenters. The number of rotatable bonds is 10. The summed E-state index contributed by atoms with van der Waals surface area (Å²) in [6.45, 7) is 8.71. The molecule has 0 unspecified atom stereocenters. The summed E-state index contributed by atoms with van der Waals surface area (Å²) < 4.78 is 6.40. The van der Waals surface area contributed by atoms with E-state index >= 15 is 0 Å². The predicted octanol–water partition coefficient (Wildman–Crippen LogP) is 5.37. The zero-order chi connectivity index (χ0) is 23.0. The monoisotopic (exact) mass is 508 g/mol. The number of nitrogens with zero attached hydrogens (tertiary/aromatic N) is 1. The fourth-order valence-electron chi connectivity index (χ4n) is 3.05. The molecule has 0 heterocycles. The Hall–Kier alpha value is -2.05. The quantitative estimate of drug-likeness (QED) is 0.468. The van der Waals surface area contributed by atoms with Crippen LogP contribution in [0.3, 0.4) is 0 Å². The minimum absolute atomic E-state index is 0.149. The average Bonchev–Trinajstić information content (AvgIpc) is 2.72. The van der Waals surface area contributed by atoms with Crippen LogP contribution in [0.5, 0.6) is 5.75 Å². The zero-order valence-electron chi connectivity index (χ0n) is 18.5. The molecule has 7 heteroatoms. The van der Waals surface area contributed by atoms with E-state index in [1.54, 1.807) is 23.1 Å². The second-order valence-corrected chi connectivity index (χ2v) is 9.22. The van der Waals surface area contributed by atoms with Crippen molar-refractivity contribution in [1.82, 2.24) is 10.2 Å².